The number of carbonyl (C=O) groups is 1. The highest BCUT2D eigenvalue weighted by Gasteiger charge is 2.07. The number of nitrogens with one attached hydrogen (secondary N) is 1. The fourth-order valence-electron chi connectivity index (χ4n) is 1.10. The molecule has 0 bridgehead atoms. The second kappa shape index (κ2) is 7.32. The highest BCUT2D eigenvalue weighted by molar-refractivity contribution is 7.09. The molecule has 0 aliphatic rings. The van der Waals surface area contributed by atoms with Gasteiger partial charge in [0.2, 0.25) is 0 Å². The van der Waals surface area contributed by atoms with Gasteiger partial charge in [0, 0.05) is 25.6 Å². The summed E-state index contributed by atoms with van der Waals surface area (Å²) in [7, 11) is 3.04. The molecule has 1 aromatic heterocycles. The smallest absolute Gasteiger partial charge is 0.311 e. The quantitative estimate of drug-likeness (QED) is 0.562. The van der Waals surface area contributed by atoms with Crippen molar-refractivity contribution in [2.24, 2.45) is 0 Å². The van der Waals surface area contributed by atoms with Crippen LogP contribution in [0.4, 0.5) is 0 Å². The zero-order chi connectivity index (χ0) is 11.8. The minimum atomic E-state index is -0.260. The van der Waals surface area contributed by atoms with Crippen LogP contribution in [0.25, 0.3) is 0 Å². The zero-order valence-electron chi connectivity index (χ0n) is 9.49. The summed E-state index contributed by atoms with van der Waals surface area (Å²) >= 11 is 1.54. The number of carbonyl (C=O) groups excluding carboxylic acids is 1. The van der Waals surface area contributed by atoms with E-state index in [4.69, 9.17) is 4.74 Å². The summed E-state index contributed by atoms with van der Waals surface area (Å²) in [6.45, 7) is 2.18. The van der Waals surface area contributed by atoms with Crippen molar-refractivity contribution in [3.8, 4) is 0 Å². The van der Waals surface area contributed by atoms with Crippen molar-refractivity contribution < 1.29 is 14.3 Å². The maximum absolute atomic E-state index is 11.0. The number of aromatic nitrogens is 1. The normalized spacial score (nSPS) is 10.4. The van der Waals surface area contributed by atoms with Crippen molar-refractivity contribution >= 4 is 17.3 Å². The maximum atomic E-state index is 11.0. The number of hydrogen-bond donors (Lipinski definition) is 1. The number of methoxy groups -OCH3 is 2. The van der Waals surface area contributed by atoms with E-state index in [2.05, 4.69) is 15.0 Å². The van der Waals surface area contributed by atoms with Gasteiger partial charge in [-0.2, -0.15) is 0 Å². The van der Waals surface area contributed by atoms with Gasteiger partial charge in [0.1, 0.15) is 5.01 Å². The number of ether oxygens (including phenoxy) is 2. The van der Waals surface area contributed by atoms with Gasteiger partial charge in [0.25, 0.3) is 0 Å². The molecule has 0 fully saturated rings. The van der Waals surface area contributed by atoms with Gasteiger partial charge in [-0.05, 0) is 0 Å². The minimum Gasteiger partial charge on any atom is -0.469 e. The van der Waals surface area contributed by atoms with Gasteiger partial charge in [-0.1, -0.05) is 0 Å². The monoisotopic (exact) mass is 244 g/mol. The van der Waals surface area contributed by atoms with Crippen molar-refractivity contribution in [3.05, 3.63) is 16.1 Å². The van der Waals surface area contributed by atoms with Gasteiger partial charge in [-0.3, -0.25) is 4.79 Å². The van der Waals surface area contributed by atoms with Gasteiger partial charge in [0.15, 0.2) is 0 Å². The Morgan fingerprint density at radius 2 is 2.38 bits per heavy atom. The molecule has 90 valence electrons. The highest BCUT2D eigenvalue weighted by Crippen LogP contribution is 2.10. The Kier molecular flexibility index (Phi) is 5.99. The van der Waals surface area contributed by atoms with Crippen molar-refractivity contribution in [2.45, 2.75) is 13.0 Å². The third kappa shape index (κ3) is 4.69. The summed E-state index contributed by atoms with van der Waals surface area (Å²) in [4.78, 5) is 15.3. The first-order valence-electron chi connectivity index (χ1n) is 4.96. The molecule has 16 heavy (non-hydrogen) atoms. The Balaban J connectivity index is 2.30. The number of rotatable bonds is 7. The Labute approximate surface area is 98.8 Å². The van der Waals surface area contributed by atoms with Gasteiger partial charge in [-0.25, -0.2) is 4.98 Å². The SMILES string of the molecule is COCCNCc1nc(CC(=O)OC)cs1. The second-order valence-corrected chi connectivity index (χ2v) is 4.10. The molecule has 6 heteroatoms. The molecule has 0 saturated carbocycles. The van der Waals surface area contributed by atoms with Gasteiger partial charge >= 0.3 is 5.97 Å². The van der Waals surface area contributed by atoms with Gasteiger partial charge in [0.05, 0.1) is 25.8 Å². The van der Waals surface area contributed by atoms with E-state index >= 15 is 0 Å². The topological polar surface area (TPSA) is 60.5 Å². The third-order valence-electron chi connectivity index (χ3n) is 1.91. The van der Waals surface area contributed by atoms with Crippen molar-refractivity contribution in [3.63, 3.8) is 0 Å². The molecule has 0 atom stereocenters. The van der Waals surface area contributed by atoms with Crippen molar-refractivity contribution in [1.82, 2.24) is 10.3 Å². The largest absolute Gasteiger partial charge is 0.469 e. The Morgan fingerprint density at radius 3 is 3.06 bits per heavy atom. The lowest BCUT2D eigenvalue weighted by atomic mass is 10.3. The molecule has 0 spiro atoms. The molecule has 1 heterocycles. The maximum Gasteiger partial charge on any atom is 0.311 e. The Morgan fingerprint density at radius 1 is 1.56 bits per heavy atom. The summed E-state index contributed by atoms with van der Waals surface area (Å²) in [5, 5.41) is 6.04. The van der Waals surface area contributed by atoms with Gasteiger partial charge < -0.3 is 14.8 Å². The van der Waals surface area contributed by atoms with Crippen molar-refractivity contribution in [1.29, 1.82) is 0 Å². The average molecular weight is 244 g/mol. The lowest BCUT2D eigenvalue weighted by Crippen LogP contribution is -2.18. The first kappa shape index (κ1) is 13.1. The molecule has 1 N–H and O–H groups in total. The van der Waals surface area contributed by atoms with Crippen molar-refractivity contribution in [2.75, 3.05) is 27.4 Å². The molecule has 0 unspecified atom stereocenters. The highest BCUT2D eigenvalue weighted by atomic mass is 32.1. The van der Waals surface area contributed by atoms with E-state index in [0.29, 0.717) is 13.2 Å². The lowest BCUT2D eigenvalue weighted by Gasteiger charge is -2.00. The van der Waals surface area contributed by atoms with Gasteiger partial charge in [-0.15, -0.1) is 11.3 Å². The molecular weight excluding hydrogens is 228 g/mol. The fraction of sp³-hybridized carbons (Fsp3) is 0.600. The van der Waals surface area contributed by atoms with Crippen LogP contribution in [0, 0.1) is 0 Å². The fourth-order valence-corrected chi connectivity index (χ4v) is 1.86. The third-order valence-corrected chi connectivity index (χ3v) is 2.81. The molecule has 0 amide bonds. The first-order valence-corrected chi connectivity index (χ1v) is 5.84. The second-order valence-electron chi connectivity index (χ2n) is 3.16. The number of nitrogens with zero attached hydrogens (tertiary/aromatic N) is 1. The number of esters is 1. The number of hydrogen-bond acceptors (Lipinski definition) is 6. The van der Waals surface area contributed by atoms with Crippen LogP contribution >= 0.6 is 11.3 Å². The first-order chi connectivity index (χ1) is 7.76. The van der Waals surface area contributed by atoms with Crippen LogP contribution in [0.3, 0.4) is 0 Å². The van der Waals surface area contributed by atoms with E-state index in [1.54, 1.807) is 7.11 Å². The summed E-state index contributed by atoms with van der Waals surface area (Å²) in [5.74, 6) is -0.260. The molecule has 0 aliphatic heterocycles. The predicted octanol–water partition coefficient (Wildman–Crippen LogP) is 0.595. The van der Waals surface area contributed by atoms with E-state index in [0.717, 1.165) is 17.2 Å². The van der Waals surface area contributed by atoms with Crippen LogP contribution in [0.2, 0.25) is 0 Å². The molecular formula is C10H16N2O3S. The summed E-state index contributed by atoms with van der Waals surface area (Å²) in [6, 6.07) is 0. The number of thiazole rings is 1. The zero-order valence-corrected chi connectivity index (χ0v) is 10.3. The molecule has 0 radical (unpaired) electrons. The molecule has 0 saturated heterocycles. The average Bonchev–Trinajstić information content (AvgIpc) is 2.72. The van der Waals surface area contributed by atoms with Crippen LogP contribution in [0.15, 0.2) is 5.38 Å². The lowest BCUT2D eigenvalue weighted by molar-refractivity contribution is -0.139. The summed E-state index contributed by atoms with van der Waals surface area (Å²) in [5.41, 5.74) is 0.764. The Bertz CT molecular complexity index is 328. The van der Waals surface area contributed by atoms with Crippen LogP contribution in [-0.4, -0.2) is 38.3 Å². The van der Waals surface area contributed by atoms with E-state index in [1.807, 2.05) is 5.38 Å². The van der Waals surface area contributed by atoms with E-state index < -0.39 is 0 Å². The van der Waals surface area contributed by atoms with E-state index in [1.165, 1.54) is 18.4 Å². The molecule has 5 nitrogen and oxygen atoms in total. The van der Waals surface area contributed by atoms with Crippen LogP contribution in [0.1, 0.15) is 10.7 Å². The summed E-state index contributed by atoms with van der Waals surface area (Å²) in [6.07, 6.45) is 0.241. The van der Waals surface area contributed by atoms with Crippen LogP contribution in [-0.2, 0) is 27.2 Å². The molecule has 0 aromatic carbocycles. The van der Waals surface area contributed by atoms with Crippen LogP contribution < -0.4 is 5.32 Å². The summed E-state index contributed by atoms with van der Waals surface area (Å²) < 4.78 is 9.48. The predicted molar refractivity (Wildman–Crippen MR) is 61.4 cm³/mol. The van der Waals surface area contributed by atoms with E-state index in [-0.39, 0.29) is 12.4 Å². The molecule has 1 rings (SSSR count). The minimum absolute atomic E-state index is 0.241. The standard InChI is InChI=1S/C10H16N2O3S/c1-14-4-3-11-6-9-12-8(7-16-9)5-10(13)15-2/h7,11H,3-6H2,1-2H3. The van der Waals surface area contributed by atoms with E-state index in [9.17, 15) is 4.79 Å². The molecule has 1 aromatic rings. The molecule has 0 aliphatic carbocycles. The van der Waals surface area contributed by atoms with Crippen LogP contribution in [0.5, 0.6) is 0 Å². The Hall–Kier alpha value is -0.980.